The van der Waals surface area contributed by atoms with Crippen LogP contribution in [0.15, 0.2) is 24.3 Å². The molecular weight excluding hydrogens is 276 g/mol. The molecule has 0 spiro atoms. The van der Waals surface area contributed by atoms with E-state index in [1.807, 2.05) is 0 Å². The highest BCUT2D eigenvalue weighted by molar-refractivity contribution is 5.91. The molecule has 114 valence electrons. The van der Waals surface area contributed by atoms with E-state index in [4.69, 9.17) is 9.47 Å². The molecular formula is C15H18O6. The second-order valence-corrected chi connectivity index (χ2v) is 4.35. The van der Waals surface area contributed by atoms with E-state index < -0.39 is 23.8 Å². The zero-order valence-corrected chi connectivity index (χ0v) is 12.3. The van der Waals surface area contributed by atoms with Crippen molar-refractivity contribution in [3.63, 3.8) is 0 Å². The summed E-state index contributed by atoms with van der Waals surface area (Å²) in [5, 5.41) is 0. The predicted octanol–water partition coefficient (Wildman–Crippen LogP) is 1.37. The van der Waals surface area contributed by atoms with Gasteiger partial charge in [0.2, 0.25) is 0 Å². The number of hydrogen-bond acceptors (Lipinski definition) is 6. The Morgan fingerprint density at radius 2 is 1.67 bits per heavy atom. The summed E-state index contributed by atoms with van der Waals surface area (Å²) in [6.07, 6.45) is 0.0751. The molecule has 1 rings (SSSR count). The molecule has 0 fully saturated rings. The van der Waals surface area contributed by atoms with Crippen molar-refractivity contribution in [2.45, 2.75) is 12.8 Å². The molecule has 0 aliphatic carbocycles. The highest BCUT2D eigenvalue weighted by Gasteiger charge is 2.25. The van der Waals surface area contributed by atoms with Crippen LogP contribution in [0.3, 0.4) is 0 Å². The van der Waals surface area contributed by atoms with Crippen LogP contribution in [0, 0.1) is 5.92 Å². The van der Waals surface area contributed by atoms with Crippen LogP contribution in [0.5, 0.6) is 0 Å². The zero-order valence-electron chi connectivity index (χ0n) is 12.3. The molecule has 0 aliphatic rings. The van der Waals surface area contributed by atoms with Crippen LogP contribution in [-0.4, -0.2) is 39.2 Å². The van der Waals surface area contributed by atoms with Gasteiger partial charge in [0.25, 0.3) is 0 Å². The third kappa shape index (κ3) is 4.59. The van der Waals surface area contributed by atoms with E-state index in [-0.39, 0.29) is 12.8 Å². The maximum atomic E-state index is 11.8. The monoisotopic (exact) mass is 294 g/mol. The van der Waals surface area contributed by atoms with Gasteiger partial charge in [0.05, 0.1) is 39.2 Å². The first-order chi connectivity index (χ1) is 10.0. The first-order valence-corrected chi connectivity index (χ1v) is 6.34. The predicted molar refractivity (Wildman–Crippen MR) is 73.6 cm³/mol. The van der Waals surface area contributed by atoms with Crippen molar-refractivity contribution in [1.29, 1.82) is 0 Å². The van der Waals surface area contributed by atoms with Gasteiger partial charge in [-0.25, -0.2) is 4.79 Å². The Kier molecular flexibility index (Phi) is 6.39. The SMILES string of the molecule is COC(=O)CC(Cc1ccccc1C(=O)OC)C(=O)OC. The number of carbonyl (C=O) groups is 3. The molecule has 0 bridgehead atoms. The number of methoxy groups -OCH3 is 3. The summed E-state index contributed by atoms with van der Waals surface area (Å²) in [5.74, 6) is -2.25. The maximum Gasteiger partial charge on any atom is 0.338 e. The summed E-state index contributed by atoms with van der Waals surface area (Å²) < 4.78 is 14.0. The van der Waals surface area contributed by atoms with Crippen molar-refractivity contribution in [3.8, 4) is 0 Å². The van der Waals surface area contributed by atoms with Gasteiger partial charge in [-0.05, 0) is 18.1 Å². The average molecular weight is 294 g/mol. The van der Waals surface area contributed by atoms with E-state index in [2.05, 4.69) is 4.74 Å². The van der Waals surface area contributed by atoms with E-state index >= 15 is 0 Å². The minimum atomic E-state index is -0.715. The van der Waals surface area contributed by atoms with Gasteiger partial charge in [-0.3, -0.25) is 9.59 Å². The lowest BCUT2D eigenvalue weighted by Gasteiger charge is -2.15. The Labute approximate surface area is 123 Å². The fourth-order valence-corrected chi connectivity index (χ4v) is 1.96. The van der Waals surface area contributed by atoms with Crippen LogP contribution in [0.25, 0.3) is 0 Å². The molecule has 6 heteroatoms. The summed E-state index contributed by atoms with van der Waals surface area (Å²) in [5.41, 5.74) is 0.974. The Morgan fingerprint density at radius 3 is 2.24 bits per heavy atom. The van der Waals surface area contributed by atoms with Gasteiger partial charge >= 0.3 is 17.9 Å². The van der Waals surface area contributed by atoms with Gasteiger partial charge in [-0.15, -0.1) is 0 Å². The summed E-state index contributed by atoms with van der Waals surface area (Å²) >= 11 is 0. The van der Waals surface area contributed by atoms with Crippen LogP contribution >= 0.6 is 0 Å². The Morgan fingerprint density at radius 1 is 1.00 bits per heavy atom. The molecule has 0 radical (unpaired) electrons. The second-order valence-electron chi connectivity index (χ2n) is 4.35. The van der Waals surface area contributed by atoms with Crippen molar-refractivity contribution < 1.29 is 28.6 Å². The molecule has 0 aromatic heterocycles. The number of hydrogen-bond donors (Lipinski definition) is 0. The molecule has 1 aromatic carbocycles. The van der Waals surface area contributed by atoms with Gasteiger partial charge in [0.1, 0.15) is 0 Å². The number of esters is 3. The van der Waals surface area contributed by atoms with Crippen molar-refractivity contribution in [2.75, 3.05) is 21.3 Å². The third-order valence-corrected chi connectivity index (χ3v) is 3.06. The minimum absolute atomic E-state index is 0.112. The average Bonchev–Trinajstić information content (AvgIpc) is 2.52. The molecule has 6 nitrogen and oxygen atoms in total. The molecule has 0 saturated heterocycles. The molecule has 0 amide bonds. The number of rotatable bonds is 6. The molecule has 1 atom stereocenters. The largest absolute Gasteiger partial charge is 0.469 e. The highest BCUT2D eigenvalue weighted by Crippen LogP contribution is 2.19. The number of benzene rings is 1. The van der Waals surface area contributed by atoms with Crippen molar-refractivity contribution in [1.82, 2.24) is 0 Å². The highest BCUT2D eigenvalue weighted by atomic mass is 16.5. The zero-order chi connectivity index (χ0) is 15.8. The van der Waals surface area contributed by atoms with E-state index in [0.29, 0.717) is 11.1 Å². The fourth-order valence-electron chi connectivity index (χ4n) is 1.96. The lowest BCUT2D eigenvalue weighted by molar-refractivity contribution is -0.152. The smallest absolute Gasteiger partial charge is 0.338 e. The molecule has 0 aliphatic heterocycles. The maximum absolute atomic E-state index is 11.8. The summed E-state index contributed by atoms with van der Waals surface area (Å²) in [6, 6.07) is 6.75. The topological polar surface area (TPSA) is 78.9 Å². The van der Waals surface area contributed by atoms with Crippen LogP contribution in [-0.2, 0) is 30.2 Å². The van der Waals surface area contributed by atoms with Gasteiger partial charge in [0, 0.05) is 0 Å². The van der Waals surface area contributed by atoms with Crippen LogP contribution in [0.1, 0.15) is 22.3 Å². The first-order valence-electron chi connectivity index (χ1n) is 6.34. The van der Waals surface area contributed by atoms with E-state index in [1.165, 1.54) is 21.3 Å². The summed E-state index contributed by atoms with van der Waals surface area (Å²) in [4.78, 5) is 34.9. The summed E-state index contributed by atoms with van der Waals surface area (Å²) in [6.45, 7) is 0. The Hall–Kier alpha value is -2.37. The standard InChI is InChI=1S/C15H18O6/c1-19-13(16)9-11(14(17)20-2)8-10-6-4-5-7-12(10)15(18)21-3/h4-7,11H,8-9H2,1-3H3. The number of carbonyl (C=O) groups excluding carboxylic acids is 3. The Balaban J connectivity index is 3.00. The van der Waals surface area contributed by atoms with E-state index in [0.717, 1.165) is 0 Å². The van der Waals surface area contributed by atoms with Gasteiger partial charge in [0.15, 0.2) is 0 Å². The second kappa shape index (κ2) is 8.04. The number of ether oxygens (including phenoxy) is 3. The van der Waals surface area contributed by atoms with Gasteiger partial charge in [-0.1, -0.05) is 18.2 Å². The Bertz CT molecular complexity index is 523. The fraction of sp³-hybridized carbons (Fsp3) is 0.400. The van der Waals surface area contributed by atoms with Crippen LogP contribution < -0.4 is 0 Å². The minimum Gasteiger partial charge on any atom is -0.469 e. The normalized spacial score (nSPS) is 11.4. The van der Waals surface area contributed by atoms with Crippen LogP contribution in [0.2, 0.25) is 0 Å². The first kappa shape index (κ1) is 16.7. The lowest BCUT2D eigenvalue weighted by Crippen LogP contribution is -2.23. The van der Waals surface area contributed by atoms with Gasteiger partial charge < -0.3 is 14.2 Å². The summed E-state index contributed by atoms with van der Waals surface area (Å²) in [7, 11) is 3.78. The molecule has 0 N–H and O–H groups in total. The molecule has 0 saturated carbocycles. The quantitative estimate of drug-likeness (QED) is 0.582. The molecule has 1 unspecified atom stereocenters. The van der Waals surface area contributed by atoms with E-state index in [1.54, 1.807) is 24.3 Å². The molecule has 1 aromatic rings. The van der Waals surface area contributed by atoms with Crippen molar-refractivity contribution >= 4 is 17.9 Å². The molecule has 0 heterocycles. The van der Waals surface area contributed by atoms with Crippen LogP contribution in [0.4, 0.5) is 0 Å². The van der Waals surface area contributed by atoms with E-state index in [9.17, 15) is 14.4 Å². The van der Waals surface area contributed by atoms with Gasteiger partial charge in [-0.2, -0.15) is 0 Å². The third-order valence-electron chi connectivity index (χ3n) is 3.06. The molecule has 21 heavy (non-hydrogen) atoms. The lowest BCUT2D eigenvalue weighted by atomic mass is 9.93. The van der Waals surface area contributed by atoms with Crippen molar-refractivity contribution in [3.05, 3.63) is 35.4 Å². The van der Waals surface area contributed by atoms with Crippen molar-refractivity contribution in [2.24, 2.45) is 5.92 Å².